The Bertz CT molecular complexity index is 1440. The standard InChI is InChI=1S/C25H28N4.C6H8N2/c1-19-8-10-21(11-9-19)25-23(17-28-15-14-27(2)18-28)29-16-22(12-13-24(29)26-25)20-6-4-3-5-7-20;1-3-6-4-7-8(2)5-6/h4,6-13,16H,3,5,14-15,17-18H2,1-2H3;3-5H,1H2,2H3. The zero-order valence-electron chi connectivity index (χ0n) is 22.1. The number of benzene rings is 1. The molecule has 1 aliphatic heterocycles. The van der Waals surface area contributed by atoms with Crippen molar-refractivity contribution in [3.63, 3.8) is 0 Å². The number of hydrogen-bond acceptors (Lipinski definition) is 4. The van der Waals surface area contributed by atoms with Crippen molar-refractivity contribution in [2.24, 2.45) is 7.05 Å². The molecule has 6 nitrogen and oxygen atoms in total. The number of aryl methyl sites for hydroxylation is 2. The summed E-state index contributed by atoms with van der Waals surface area (Å²) in [7, 11) is 4.07. The number of allylic oxidation sites excluding steroid dienone is 4. The summed E-state index contributed by atoms with van der Waals surface area (Å²) in [6, 6.07) is 13.1. The molecule has 6 rings (SSSR count). The van der Waals surface area contributed by atoms with Gasteiger partial charge < -0.3 is 4.40 Å². The van der Waals surface area contributed by atoms with Crippen molar-refractivity contribution >= 4 is 17.3 Å². The number of aromatic nitrogens is 4. The first-order valence-corrected chi connectivity index (χ1v) is 13.0. The molecule has 6 heteroatoms. The van der Waals surface area contributed by atoms with Crippen molar-refractivity contribution in [2.75, 3.05) is 26.8 Å². The summed E-state index contributed by atoms with van der Waals surface area (Å²) in [6.45, 7) is 9.87. The molecule has 0 radical (unpaired) electrons. The number of nitrogens with zero attached hydrogens (tertiary/aromatic N) is 6. The van der Waals surface area contributed by atoms with Gasteiger partial charge in [0.1, 0.15) is 5.65 Å². The second-order valence-corrected chi connectivity index (χ2v) is 9.98. The number of imidazole rings is 1. The van der Waals surface area contributed by atoms with Crippen LogP contribution >= 0.6 is 0 Å². The summed E-state index contributed by atoms with van der Waals surface area (Å²) in [6.07, 6.45) is 16.8. The Morgan fingerprint density at radius 2 is 1.78 bits per heavy atom. The van der Waals surface area contributed by atoms with Crippen LogP contribution in [0.1, 0.15) is 35.2 Å². The maximum absolute atomic E-state index is 5.05. The monoisotopic (exact) mass is 492 g/mol. The lowest BCUT2D eigenvalue weighted by Crippen LogP contribution is -2.23. The minimum Gasteiger partial charge on any atom is -0.301 e. The Labute approximate surface area is 219 Å². The molecule has 0 spiro atoms. The van der Waals surface area contributed by atoms with Gasteiger partial charge in [-0.1, -0.05) is 60.7 Å². The van der Waals surface area contributed by atoms with Crippen molar-refractivity contribution < 1.29 is 0 Å². The highest BCUT2D eigenvalue weighted by Crippen LogP contribution is 2.29. The number of likely N-dealkylation sites (N-methyl/N-ethyl adjacent to an activating group) is 1. The molecule has 0 unspecified atom stereocenters. The van der Waals surface area contributed by atoms with Crippen LogP contribution in [-0.2, 0) is 13.6 Å². The molecule has 0 bridgehead atoms. The van der Waals surface area contributed by atoms with Crippen LogP contribution in [-0.4, -0.2) is 55.8 Å². The van der Waals surface area contributed by atoms with Crippen molar-refractivity contribution in [3.8, 4) is 11.3 Å². The molecule has 3 aromatic heterocycles. The Balaban J connectivity index is 0.000000301. The molecular weight excluding hydrogens is 456 g/mol. The fourth-order valence-electron chi connectivity index (χ4n) is 4.87. The van der Waals surface area contributed by atoms with E-state index in [0.29, 0.717) is 0 Å². The summed E-state index contributed by atoms with van der Waals surface area (Å²) in [5.74, 6) is 0. The Kier molecular flexibility index (Phi) is 7.49. The number of hydrogen-bond donors (Lipinski definition) is 0. The topological polar surface area (TPSA) is 41.6 Å². The normalized spacial score (nSPS) is 16.0. The molecular formula is C31H36N6. The van der Waals surface area contributed by atoms with E-state index in [1.807, 2.05) is 13.2 Å². The SMILES string of the molecule is C=Cc1cnn(C)c1.Cc1ccc(-c2nc3ccc(C4=CCCC=C4)cn3c2CN2CCN(C)C2)cc1. The van der Waals surface area contributed by atoms with E-state index in [2.05, 4.69) is 101 Å². The Morgan fingerprint density at radius 3 is 2.41 bits per heavy atom. The van der Waals surface area contributed by atoms with Crippen LogP contribution in [0.5, 0.6) is 0 Å². The molecule has 1 fully saturated rings. The second kappa shape index (κ2) is 11.1. The van der Waals surface area contributed by atoms with E-state index in [0.717, 1.165) is 56.0 Å². The molecule has 4 heterocycles. The largest absolute Gasteiger partial charge is 0.301 e. The van der Waals surface area contributed by atoms with Gasteiger partial charge in [-0.3, -0.25) is 14.5 Å². The highest BCUT2D eigenvalue weighted by atomic mass is 15.4. The zero-order chi connectivity index (χ0) is 25.8. The van der Waals surface area contributed by atoms with E-state index in [4.69, 9.17) is 4.98 Å². The van der Waals surface area contributed by atoms with E-state index in [1.54, 1.807) is 17.0 Å². The molecule has 1 aliphatic carbocycles. The van der Waals surface area contributed by atoms with Gasteiger partial charge >= 0.3 is 0 Å². The lowest BCUT2D eigenvalue weighted by atomic mass is 10.0. The van der Waals surface area contributed by atoms with Crippen molar-refractivity contribution in [3.05, 3.63) is 102 Å². The van der Waals surface area contributed by atoms with Crippen LogP contribution in [0.15, 0.2) is 79.8 Å². The number of rotatable bonds is 5. The molecule has 0 atom stereocenters. The molecule has 190 valence electrons. The van der Waals surface area contributed by atoms with Gasteiger partial charge in [-0.05, 0) is 50.1 Å². The van der Waals surface area contributed by atoms with E-state index in [-0.39, 0.29) is 0 Å². The van der Waals surface area contributed by atoms with Gasteiger partial charge in [-0.15, -0.1) is 0 Å². The molecule has 4 aromatic rings. The van der Waals surface area contributed by atoms with Crippen LogP contribution in [0, 0.1) is 6.92 Å². The van der Waals surface area contributed by atoms with Crippen LogP contribution in [0.4, 0.5) is 0 Å². The number of fused-ring (bicyclic) bond motifs is 1. The molecule has 1 saturated heterocycles. The van der Waals surface area contributed by atoms with Crippen LogP contribution in [0.2, 0.25) is 0 Å². The van der Waals surface area contributed by atoms with E-state index >= 15 is 0 Å². The third kappa shape index (κ3) is 5.82. The predicted octanol–water partition coefficient (Wildman–Crippen LogP) is 5.81. The van der Waals surface area contributed by atoms with Gasteiger partial charge in [0, 0.05) is 50.2 Å². The molecule has 37 heavy (non-hydrogen) atoms. The lowest BCUT2D eigenvalue weighted by Gasteiger charge is -2.17. The predicted molar refractivity (Wildman–Crippen MR) is 153 cm³/mol. The van der Waals surface area contributed by atoms with Gasteiger partial charge in [-0.2, -0.15) is 5.10 Å². The molecule has 0 amide bonds. The molecule has 2 aliphatic rings. The minimum absolute atomic E-state index is 0.910. The highest BCUT2D eigenvalue weighted by Gasteiger charge is 2.22. The van der Waals surface area contributed by atoms with Crippen LogP contribution < -0.4 is 0 Å². The van der Waals surface area contributed by atoms with E-state index in [9.17, 15) is 0 Å². The first-order valence-electron chi connectivity index (χ1n) is 13.0. The van der Waals surface area contributed by atoms with Crippen molar-refractivity contribution in [1.29, 1.82) is 0 Å². The van der Waals surface area contributed by atoms with Gasteiger partial charge in [0.2, 0.25) is 0 Å². The van der Waals surface area contributed by atoms with Gasteiger partial charge in [0.15, 0.2) is 0 Å². The molecule has 0 saturated carbocycles. The van der Waals surface area contributed by atoms with Crippen LogP contribution in [0.3, 0.4) is 0 Å². The Morgan fingerprint density at radius 1 is 0.973 bits per heavy atom. The van der Waals surface area contributed by atoms with Crippen molar-refractivity contribution in [2.45, 2.75) is 26.3 Å². The lowest BCUT2D eigenvalue weighted by molar-refractivity contribution is 0.265. The Hall–Kier alpha value is -3.74. The molecule has 0 N–H and O–H groups in total. The molecule has 1 aromatic carbocycles. The fraction of sp³-hybridized carbons (Fsp3) is 0.290. The zero-order valence-corrected chi connectivity index (χ0v) is 22.1. The average Bonchev–Trinajstić information content (AvgIpc) is 3.64. The van der Waals surface area contributed by atoms with Gasteiger partial charge in [0.25, 0.3) is 0 Å². The van der Waals surface area contributed by atoms with Crippen LogP contribution in [0.25, 0.3) is 28.6 Å². The average molecular weight is 493 g/mol. The minimum atomic E-state index is 0.910. The maximum Gasteiger partial charge on any atom is 0.137 e. The smallest absolute Gasteiger partial charge is 0.137 e. The van der Waals surface area contributed by atoms with E-state index < -0.39 is 0 Å². The third-order valence-electron chi connectivity index (χ3n) is 6.94. The van der Waals surface area contributed by atoms with Gasteiger partial charge in [-0.25, -0.2) is 4.98 Å². The highest BCUT2D eigenvalue weighted by molar-refractivity contribution is 5.76. The maximum atomic E-state index is 5.05. The van der Waals surface area contributed by atoms with E-state index in [1.165, 1.54) is 28.0 Å². The summed E-state index contributed by atoms with van der Waals surface area (Å²) in [4.78, 5) is 9.93. The quantitative estimate of drug-likeness (QED) is 0.353. The second-order valence-electron chi connectivity index (χ2n) is 9.98. The first-order chi connectivity index (χ1) is 18.0. The first kappa shape index (κ1) is 24.9. The third-order valence-corrected chi connectivity index (χ3v) is 6.94. The summed E-state index contributed by atoms with van der Waals surface area (Å²) in [5.41, 5.74) is 9.52. The number of pyridine rings is 1. The fourth-order valence-corrected chi connectivity index (χ4v) is 4.87. The summed E-state index contributed by atoms with van der Waals surface area (Å²) < 4.78 is 4.06. The summed E-state index contributed by atoms with van der Waals surface area (Å²) in [5, 5.41) is 3.93. The van der Waals surface area contributed by atoms with Gasteiger partial charge in [0.05, 0.1) is 24.3 Å². The summed E-state index contributed by atoms with van der Waals surface area (Å²) >= 11 is 0. The van der Waals surface area contributed by atoms with Crippen molar-refractivity contribution in [1.82, 2.24) is 29.0 Å².